The van der Waals surface area contributed by atoms with Gasteiger partial charge in [-0.15, -0.1) is 11.8 Å². The van der Waals surface area contributed by atoms with Crippen LogP contribution in [0.5, 0.6) is 0 Å². The summed E-state index contributed by atoms with van der Waals surface area (Å²) in [5.74, 6) is -0.422. The molecule has 0 aromatic heterocycles. The molecule has 0 N–H and O–H groups in total. The van der Waals surface area contributed by atoms with Crippen molar-refractivity contribution < 1.29 is 13.2 Å². The third-order valence-electron chi connectivity index (χ3n) is 1.45. The molecule has 11 heavy (non-hydrogen) atoms. The Kier molecular flexibility index (Phi) is 4.29. The van der Waals surface area contributed by atoms with Gasteiger partial charge in [0.05, 0.1) is 5.75 Å². The first-order valence-electron chi connectivity index (χ1n) is 3.51. The van der Waals surface area contributed by atoms with E-state index in [0.717, 1.165) is 11.8 Å². The molecule has 0 radical (unpaired) electrons. The van der Waals surface area contributed by atoms with Crippen molar-refractivity contribution in [2.24, 2.45) is 5.92 Å². The van der Waals surface area contributed by atoms with Crippen molar-refractivity contribution in [3.63, 3.8) is 0 Å². The fraction of sp³-hybridized carbons (Fsp3) is 1.00. The van der Waals surface area contributed by atoms with E-state index in [1.807, 2.05) is 20.8 Å². The summed E-state index contributed by atoms with van der Waals surface area (Å²) in [4.78, 5) is 0. The molecule has 0 rings (SSSR count). The van der Waals surface area contributed by atoms with Gasteiger partial charge in [-0.05, 0) is 5.92 Å². The van der Waals surface area contributed by atoms with Crippen LogP contribution in [0.3, 0.4) is 0 Å². The van der Waals surface area contributed by atoms with Crippen molar-refractivity contribution in [3.8, 4) is 0 Å². The summed E-state index contributed by atoms with van der Waals surface area (Å²) < 4.78 is 35.0. The van der Waals surface area contributed by atoms with Crippen LogP contribution in [0.2, 0.25) is 0 Å². The fourth-order valence-corrected chi connectivity index (χ4v) is 1.26. The van der Waals surface area contributed by atoms with Gasteiger partial charge in [-0.3, -0.25) is 0 Å². The zero-order valence-electron chi connectivity index (χ0n) is 6.90. The summed E-state index contributed by atoms with van der Waals surface area (Å²) in [5.41, 5.74) is 0. The lowest BCUT2D eigenvalue weighted by molar-refractivity contribution is -0.105. The molecule has 0 fully saturated rings. The van der Waals surface area contributed by atoms with E-state index in [0.29, 0.717) is 5.92 Å². The second-order valence-electron chi connectivity index (χ2n) is 2.88. The molecule has 4 heteroatoms. The van der Waals surface area contributed by atoms with Gasteiger partial charge < -0.3 is 0 Å². The Labute approximate surface area is 69.5 Å². The van der Waals surface area contributed by atoms with Gasteiger partial charge >= 0.3 is 6.18 Å². The smallest absolute Gasteiger partial charge is 0.170 e. The van der Waals surface area contributed by atoms with E-state index in [2.05, 4.69) is 0 Å². The molecule has 0 bridgehead atoms. The van der Waals surface area contributed by atoms with Gasteiger partial charge in [0.15, 0.2) is 0 Å². The normalized spacial score (nSPS) is 15.5. The zero-order chi connectivity index (χ0) is 9.07. The van der Waals surface area contributed by atoms with Crippen LogP contribution in [-0.4, -0.2) is 17.2 Å². The van der Waals surface area contributed by atoms with Gasteiger partial charge in [-0.2, -0.15) is 13.2 Å². The lowest BCUT2D eigenvalue weighted by atomic mass is 10.2. The number of hydrogen-bond donors (Lipinski definition) is 0. The molecule has 0 spiro atoms. The zero-order valence-corrected chi connectivity index (χ0v) is 7.72. The van der Waals surface area contributed by atoms with Crippen molar-refractivity contribution in [1.82, 2.24) is 0 Å². The molecule has 0 aromatic rings. The van der Waals surface area contributed by atoms with Gasteiger partial charge in [0.2, 0.25) is 0 Å². The summed E-state index contributed by atoms with van der Waals surface area (Å²) in [6.07, 6.45) is -4.02. The van der Waals surface area contributed by atoms with Crippen LogP contribution in [-0.2, 0) is 0 Å². The largest absolute Gasteiger partial charge is 0.397 e. The van der Waals surface area contributed by atoms with Crippen LogP contribution in [0.15, 0.2) is 0 Å². The SMILES string of the molecule is CC(C)C(C)SCC(F)(F)F. The Morgan fingerprint density at radius 3 is 1.91 bits per heavy atom. The minimum absolute atomic E-state index is 0.0802. The first-order valence-corrected chi connectivity index (χ1v) is 4.56. The van der Waals surface area contributed by atoms with E-state index < -0.39 is 11.9 Å². The van der Waals surface area contributed by atoms with E-state index in [4.69, 9.17) is 0 Å². The summed E-state index contributed by atoms with van der Waals surface area (Å²) in [7, 11) is 0. The highest BCUT2D eigenvalue weighted by atomic mass is 32.2. The maximum absolute atomic E-state index is 11.7. The molecule has 0 heterocycles. The molecular weight excluding hydrogens is 173 g/mol. The minimum atomic E-state index is -4.02. The van der Waals surface area contributed by atoms with Gasteiger partial charge in [0, 0.05) is 5.25 Å². The second-order valence-corrected chi connectivity index (χ2v) is 4.24. The number of alkyl halides is 3. The Morgan fingerprint density at radius 1 is 1.18 bits per heavy atom. The van der Waals surface area contributed by atoms with E-state index in [-0.39, 0.29) is 5.25 Å². The van der Waals surface area contributed by atoms with Crippen LogP contribution in [0.1, 0.15) is 20.8 Å². The molecule has 0 aromatic carbocycles. The van der Waals surface area contributed by atoms with Crippen LogP contribution < -0.4 is 0 Å². The molecule has 0 saturated heterocycles. The van der Waals surface area contributed by atoms with Gasteiger partial charge in [-0.1, -0.05) is 20.8 Å². The highest BCUT2D eigenvalue weighted by Crippen LogP contribution is 2.26. The lowest BCUT2D eigenvalue weighted by Crippen LogP contribution is -2.16. The first kappa shape index (κ1) is 11.1. The molecule has 0 amide bonds. The van der Waals surface area contributed by atoms with Crippen LogP contribution >= 0.6 is 11.8 Å². The van der Waals surface area contributed by atoms with E-state index in [1.54, 1.807) is 0 Å². The third kappa shape index (κ3) is 6.53. The molecule has 0 saturated carbocycles. The number of halogens is 3. The van der Waals surface area contributed by atoms with Gasteiger partial charge in [0.1, 0.15) is 0 Å². The van der Waals surface area contributed by atoms with E-state index >= 15 is 0 Å². The summed E-state index contributed by atoms with van der Waals surface area (Å²) in [5, 5.41) is 0.0802. The molecule has 0 aliphatic heterocycles. The van der Waals surface area contributed by atoms with Crippen molar-refractivity contribution in [2.75, 3.05) is 5.75 Å². The van der Waals surface area contributed by atoms with Gasteiger partial charge in [0.25, 0.3) is 0 Å². The first-order chi connectivity index (χ1) is 4.83. The lowest BCUT2D eigenvalue weighted by Gasteiger charge is -2.15. The van der Waals surface area contributed by atoms with Crippen molar-refractivity contribution in [1.29, 1.82) is 0 Å². The molecule has 1 unspecified atom stereocenters. The average molecular weight is 186 g/mol. The predicted octanol–water partition coefficient (Wildman–Crippen LogP) is 3.33. The summed E-state index contributed by atoms with van der Waals surface area (Å²) in [6, 6.07) is 0. The highest BCUT2D eigenvalue weighted by molar-refractivity contribution is 7.99. The molecule has 0 aliphatic rings. The quantitative estimate of drug-likeness (QED) is 0.651. The molecule has 0 nitrogen and oxygen atoms in total. The van der Waals surface area contributed by atoms with Crippen LogP contribution in [0, 0.1) is 5.92 Å². The number of hydrogen-bond acceptors (Lipinski definition) is 1. The van der Waals surface area contributed by atoms with Crippen molar-refractivity contribution >= 4 is 11.8 Å². The minimum Gasteiger partial charge on any atom is -0.170 e. The van der Waals surface area contributed by atoms with E-state index in [9.17, 15) is 13.2 Å². The van der Waals surface area contributed by atoms with Crippen LogP contribution in [0.4, 0.5) is 13.2 Å². The Bertz CT molecular complexity index is 109. The second kappa shape index (κ2) is 4.24. The van der Waals surface area contributed by atoms with Gasteiger partial charge in [-0.25, -0.2) is 0 Å². The molecule has 1 atom stereocenters. The molecular formula is C7H13F3S. The Hall–Kier alpha value is 0.140. The fourth-order valence-electron chi connectivity index (χ4n) is 0.418. The maximum atomic E-state index is 11.7. The molecule has 68 valence electrons. The van der Waals surface area contributed by atoms with Crippen LogP contribution in [0.25, 0.3) is 0 Å². The maximum Gasteiger partial charge on any atom is 0.397 e. The summed E-state index contributed by atoms with van der Waals surface area (Å²) >= 11 is 0.966. The Morgan fingerprint density at radius 2 is 1.64 bits per heavy atom. The standard InChI is InChI=1S/C7H13F3S/c1-5(2)6(3)11-4-7(8,9)10/h5-6H,4H2,1-3H3. The third-order valence-corrected chi connectivity index (χ3v) is 3.01. The van der Waals surface area contributed by atoms with Crippen molar-refractivity contribution in [3.05, 3.63) is 0 Å². The van der Waals surface area contributed by atoms with E-state index in [1.165, 1.54) is 0 Å². The average Bonchev–Trinajstić information content (AvgIpc) is 1.80. The number of rotatable bonds is 3. The Balaban J connectivity index is 3.54. The topological polar surface area (TPSA) is 0 Å². The monoisotopic (exact) mass is 186 g/mol. The number of thioether (sulfide) groups is 1. The van der Waals surface area contributed by atoms with Crippen molar-refractivity contribution in [2.45, 2.75) is 32.2 Å². The predicted molar refractivity (Wildman–Crippen MR) is 42.8 cm³/mol. The summed E-state index contributed by atoms with van der Waals surface area (Å²) in [6.45, 7) is 5.67. The highest BCUT2D eigenvalue weighted by Gasteiger charge is 2.28. The molecule has 0 aliphatic carbocycles.